The summed E-state index contributed by atoms with van der Waals surface area (Å²) in [6.07, 6.45) is 5.21. The van der Waals surface area contributed by atoms with Crippen molar-refractivity contribution < 1.29 is 9.53 Å². The average molecular weight is 174 g/mol. The molecule has 1 rings (SSSR count). The minimum absolute atomic E-state index is 0.0473. The van der Waals surface area contributed by atoms with Crippen LogP contribution in [0.15, 0.2) is 18.2 Å². The number of hydrogen-bond donors (Lipinski definition) is 0. The second-order valence-electron chi connectivity index (χ2n) is 2.62. The van der Waals surface area contributed by atoms with Crippen molar-refractivity contribution in [3.63, 3.8) is 0 Å². The lowest BCUT2D eigenvalue weighted by Crippen LogP contribution is -1.97. The number of carbonyl (C=O) groups excluding carboxylic acids is 1. The zero-order valence-electron chi connectivity index (χ0n) is 7.63. The molecule has 0 aliphatic heterocycles. The van der Waals surface area contributed by atoms with Gasteiger partial charge in [-0.15, -0.1) is 6.42 Å². The molecule has 1 aromatic rings. The number of benzene rings is 1. The maximum atomic E-state index is 11.1. The van der Waals surface area contributed by atoms with E-state index in [1.165, 1.54) is 14.0 Å². The molecule has 0 aliphatic carbocycles. The van der Waals surface area contributed by atoms with E-state index in [4.69, 9.17) is 11.2 Å². The van der Waals surface area contributed by atoms with Crippen molar-refractivity contribution >= 4 is 5.78 Å². The highest BCUT2D eigenvalue weighted by Crippen LogP contribution is 2.19. The van der Waals surface area contributed by atoms with Crippen molar-refractivity contribution in [2.75, 3.05) is 7.11 Å². The first-order valence-corrected chi connectivity index (χ1v) is 3.84. The van der Waals surface area contributed by atoms with Gasteiger partial charge in [0, 0.05) is 5.56 Å². The van der Waals surface area contributed by atoms with Crippen molar-refractivity contribution in [1.82, 2.24) is 0 Å². The molecule has 0 saturated heterocycles. The van der Waals surface area contributed by atoms with E-state index in [-0.39, 0.29) is 5.78 Å². The molecule has 0 bridgehead atoms. The minimum atomic E-state index is -0.0473. The first kappa shape index (κ1) is 9.34. The topological polar surface area (TPSA) is 26.3 Å². The van der Waals surface area contributed by atoms with E-state index in [1.807, 2.05) is 0 Å². The monoisotopic (exact) mass is 174 g/mol. The summed E-state index contributed by atoms with van der Waals surface area (Å²) in [5.41, 5.74) is 1.21. The van der Waals surface area contributed by atoms with Crippen LogP contribution in [0.2, 0.25) is 0 Å². The summed E-state index contributed by atoms with van der Waals surface area (Å²) in [6, 6.07) is 5.10. The van der Waals surface area contributed by atoms with E-state index in [2.05, 4.69) is 5.92 Å². The van der Waals surface area contributed by atoms with Crippen LogP contribution in [0.4, 0.5) is 0 Å². The quantitative estimate of drug-likeness (QED) is 0.505. The molecule has 0 heterocycles. The number of ether oxygens (including phenoxy) is 1. The first-order chi connectivity index (χ1) is 6.19. The van der Waals surface area contributed by atoms with Gasteiger partial charge < -0.3 is 4.74 Å². The largest absolute Gasteiger partial charge is 0.496 e. The average Bonchev–Trinajstić information content (AvgIpc) is 2.16. The van der Waals surface area contributed by atoms with Crippen LogP contribution in [0.1, 0.15) is 22.8 Å². The van der Waals surface area contributed by atoms with Gasteiger partial charge in [0.15, 0.2) is 5.78 Å². The van der Waals surface area contributed by atoms with E-state index in [0.717, 1.165) is 0 Å². The van der Waals surface area contributed by atoms with E-state index in [1.54, 1.807) is 18.2 Å². The van der Waals surface area contributed by atoms with Gasteiger partial charge >= 0.3 is 0 Å². The minimum Gasteiger partial charge on any atom is -0.496 e. The smallest absolute Gasteiger partial charge is 0.163 e. The predicted molar refractivity (Wildman–Crippen MR) is 50.9 cm³/mol. The zero-order valence-corrected chi connectivity index (χ0v) is 7.63. The number of hydrogen-bond acceptors (Lipinski definition) is 2. The Hall–Kier alpha value is -1.75. The Bertz CT molecular complexity index is 372. The van der Waals surface area contributed by atoms with Crippen LogP contribution in [0.3, 0.4) is 0 Å². The summed E-state index contributed by atoms with van der Waals surface area (Å²) in [5, 5.41) is 0. The second kappa shape index (κ2) is 3.77. The van der Waals surface area contributed by atoms with Gasteiger partial charge in [0.1, 0.15) is 5.75 Å². The Morgan fingerprint density at radius 3 is 2.69 bits per heavy atom. The summed E-state index contributed by atoms with van der Waals surface area (Å²) in [5.74, 6) is 2.98. The molecule has 1 aromatic carbocycles. The number of Topliss-reactive ketones (excluding diaryl/α,β-unsaturated/α-hetero) is 1. The Balaban J connectivity index is 3.28. The van der Waals surface area contributed by atoms with Crippen LogP contribution >= 0.6 is 0 Å². The van der Waals surface area contributed by atoms with Crippen molar-refractivity contribution in [2.45, 2.75) is 6.92 Å². The Morgan fingerprint density at radius 2 is 2.23 bits per heavy atom. The number of rotatable bonds is 2. The molecule has 0 amide bonds. The molecule has 0 N–H and O–H groups in total. The molecule has 0 spiro atoms. The first-order valence-electron chi connectivity index (χ1n) is 3.84. The standard InChI is InChI=1S/C11H10O2/c1-4-9-5-6-11(13-3)10(7-9)8(2)12/h1,5-7H,2-3H3. The van der Waals surface area contributed by atoms with Crippen molar-refractivity contribution in [1.29, 1.82) is 0 Å². The number of carbonyl (C=O) groups is 1. The molecule has 2 heteroatoms. The summed E-state index contributed by atoms with van der Waals surface area (Å²) >= 11 is 0. The molecule has 0 saturated carbocycles. The third-order valence-corrected chi connectivity index (χ3v) is 1.75. The molecule has 66 valence electrons. The molecule has 0 aliphatic rings. The summed E-state index contributed by atoms with van der Waals surface area (Å²) in [4.78, 5) is 11.1. The highest BCUT2D eigenvalue weighted by atomic mass is 16.5. The lowest BCUT2D eigenvalue weighted by atomic mass is 10.1. The number of ketones is 1. The Kier molecular flexibility index (Phi) is 2.71. The molecule has 0 atom stereocenters. The second-order valence-corrected chi connectivity index (χ2v) is 2.62. The third kappa shape index (κ3) is 1.88. The van der Waals surface area contributed by atoms with E-state index in [9.17, 15) is 4.79 Å². The zero-order chi connectivity index (χ0) is 9.84. The van der Waals surface area contributed by atoms with Crippen molar-refractivity contribution in [3.8, 4) is 18.1 Å². The molecule has 0 radical (unpaired) electrons. The molecule has 0 fully saturated rings. The Morgan fingerprint density at radius 1 is 1.54 bits per heavy atom. The molecular weight excluding hydrogens is 164 g/mol. The highest BCUT2D eigenvalue weighted by Gasteiger charge is 2.07. The predicted octanol–water partition coefficient (Wildman–Crippen LogP) is 1.88. The fourth-order valence-corrected chi connectivity index (χ4v) is 1.07. The van der Waals surface area contributed by atoms with Gasteiger partial charge in [0.05, 0.1) is 12.7 Å². The van der Waals surface area contributed by atoms with Gasteiger partial charge in [0.2, 0.25) is 0 Å². The van der Waals surface area contributed by atoms with Gasteiger partial charge in [0.25, 0.3) is 0 Å². The summed E-state index contributed by atoms with van der Waals surface area (Å²) in [6.45, 7) is 1.48. The molecule has 13 heavy (non-hydrogen) atoms. The summed E-state index contributed by atoms with van der Waals surface area (Å²) < 4.78 is 5.02. The van der Waals surface area contributed by atoms with E-state index >= 15 is 0 Å². The van der Waals surface area contributed by atoms with E-state index in [0.29, 0.717) is 16.9 Å². The van der Waals surface area contributed by atoms with Crippen LogP contribution in [0.25, 0.3) is 0 Å². The molecular formula is C11H10O2. The maximum absolute atomic E-state index is 11.1. The molecule has 2 nitrogen and oxygen atoms in total. The number of methoxy groups -OCH3 is 1. The van der Waals surface area contributed by atoms with Gasteiger partial charge in [-0.05, 0) is 25.1 Å². The lowest BCUT2D eigenvalue weighted by molar-refractivity contribution is 0.101. The normalized spacial score (nSPS) is 9.00. The van der Waals surface area contributed by atoms with E-state index < -0.39 is 0 Å². The van der Waals surface area contributed by atoms with Crippen molar-refractivity contribution in [2.24, 2.45) is 0 Å². The maximum Gasteiger partial charge on any atom is 0.163 e. The van der Waals surface area contributed by atoms with Crippen LogP contribution in [-0.4, -0.2) is 12.9 Å². The van der Waals surface area contributed by atoms with Crippen molar-refractivity contribution in [3.05, 3.63) is 29.3 Å². The van der Waals surface area contributed by atoms with Gasteiger partial charge in [-0.3, -0.25) is 4.79 Å². The lowest BCUT2D eigenvalue weighted by Gasteiger charge is -2.05. The molecule has 0 aromatic heterocycles. The van der Waals surface area contributed by atoms with Crippen LogP contribution in [0.5, 0.6) is 5.75 Å². The van der Waals surface area contributed by atoms with Gasteiger partial charge in [-0.1, -0.05) is 5.92 Å². The molecule has 0 unspecified atom stereocenters. The van der Waals surface area contributed by atoms with Crippen LogP contribution in [0, 0.1) is 12.3 Å². The van der Waals surface area contributed by atoms with Crippen LogP contribution < -0.4 is 4.74 Å². The van der Waals surface area contributed by atoms with Gasteiger partial charge in [-0.25, -0.2) is 0 Å². The fourth-order valence-electron chi connectivity index (χ4n) is 1.07. The third-order valence-electron chi connectivity index (χ3n) is 1.75. The van der Waals surface area contributed by atoms with Crippen LogP contribution in [-0.2, 0) is 0 Å². The summed E-state index contributed by atoms with van der Waals surface area (Å²) in [7, 11) is 1.53. The number of terminal acetylenes is 1. The Labute approximate surface area is 77.5 Å². The highest BCUT2D eigenvalue weighted by molar-refractivity contribution is 5.97. The SMILES string of the molecule is C#Cc1ccc(OC)c(C(C)=O)c1. The van der Waals surface area contributed by atoms with Gasteiger partial charge in [-0.2, -0.15) is 0 Å². The fraction of sp³-hybridized carbons (Fsp3) is 0.182.